The van der Waals surface area contributed by atoms with Crippen LogP contribution in [0, 0.1) is 0 Å². The molecule has 1 fully saturated rings. The number of ether oxygens (including phenoxy) is 2. The Morgan fingerprint density at radius 1 is 1.35 bits per heavy atom. The van der Waals surface area contributed by atoms with Crippen molar-refractivity contribution >= 4 is 31.9 Å². The van der Waals surface area contributed by atoms with Gasteiger partial charge in [-0.3, -0.25) is 0 Å². The number of rotatable bonds is 6. The van der Waals surface area contributed by atoms with Crippen molar-refractivity contribution in [2.24, 2.45) is 0 Å². The van der Waals surface area contributed by atoms with Crippen molar-refractivity contribution in [3.8, 4) is 5.75 Å². The van der Waals surface area contributed by atoms with Crippen LogP contribution in [0.15, 0.2) is 21.1 Å². The van der Waals surface area contributed by atoms with E-state index < -0.39 is 0 Å². The van der Waals surface area contributed by atoms with Crippen molar-refractivity contribution < 1.29 is 9.47 Å². The third kappa shape index (κ3) is 4.72. The summed E-state index contributed by atoms with van der Waals surface area (Å²) >= 11 is 7.09. The third-order valence-electron chi connectivity index (χ3n) is 3.34. The number of halogens is 2. The van der Waals surface area contributed by atoms with Crippen LogP contribution in [0.3, 0.4) is 0 Å². The van der Waals surface area contributed by atoms with Gasteiger partial charge in [0.1, 0.15) is 5.75 Å². The molecule has 0 saturated carbocycles. The van der Waals surface area contributed by atoms with E-state index in [-0.39, 0.29) is 0 Å². The molecule has 20 heavy (non-hydrogen) atoms. The minimum absolute atomic E-state index is 0.356. The summed E-state index contributed by atoms with van der Waals surface area (Å²) in [7, 11) is 0. The molecule has 0 amide bonds. The summed E-state index contributed by atoms with van der Waals surface area (Å²) < 4.78 is 13.5. The minimum Gasteiger partial charge on any atom is -0.492 e. The van der Waals surface area contributed by atoms with Gasteiger partial charge in [-0.1, -0.05) is 15.9 Å². The molecule has 1 heterocycles. The Morgan fingerprint density at radius 2 is 2.20 bits per heavy atom. The van der Waals surface area contributed by atoms with Crippen LogP contribution in [0.25, 0.3) is 0 Å². The smallest absolute Gasteiger partial charge is 0.138 e. The van der Waals surface area contributed by atoms with Gasteiger partial charge in [-0.15, -0.1) is 0 Å². The predicted octanol–water partition coefficient (Wildman–Crippen LogP) is 4.27. The Morgan fingerprint density at radius 3 is 2.90 bits per heavy atom. The molecule has 0 aliphatic carbocycles. The highest BCUT2D eigenvalue weighted by atomic mass is 79.9. The minimum atomic E-state index is 0.356. The van der Waals surface area contributed by atoms with E-state index in [1.165, 1.54) is 12.8 Å². The zero-order valence-corrected chi connectivity index (χ0v) is 14.9. The highest BCUT2D eigenvalue weighted by Gasteiger charge is 2.14. The van der Waals surface area contributed by atoms with E-state index in [9.17, 15) is 0 Å². The normalized spacial score (nSPS) is 19.1. The van der Waals surface area contributed by atoms with Crippen LogP contribution in [-0.4, -0.2) is 25.9 Å². The molecule has 0 bridgehead atoms. The summed E-state index contributed by atoms with van der Waals surface area (Å²) in [5.41, 5.74) is 1.16. The van der Waals surface area contributed by atoms with E-state index in [0.29, 0.717) is 12.7 Å². The molecule has 0 radical (unpaired) electrons. The van der Waals surface area contributed by atoms with Crippen LogP contribution in [0.1, 0.15) is 31.7 Å². The number of hydrogen-bond donors (Lipinski definition) is 1. The van der Waals surface area contributed by atoms with Gasteiger partial charge in [0.2, 0.25) is 0 Å². The molecule has 1 atom stereocenters. The molecule has 1 aliphatic heterocycles. The Kier molecular flexibility index (Phi) is 6.81. The van der Waals surface area contributed by atoms with E-state index in [2.05, 4.69) is 43.2 Å². The molecule has 1 aromatic carbocycles. The fraction of sp³-hybridized carbons (Fsp3) is 0.600. The summed E-state index contributed by atoms with van der Waals surface area (Å²) in [6.07, 6.45) is 3.99. The predicted molar refractivity (Wildman–Crippen MR) is 88.3 cm³/mol. The molecule has 0 spiro atoms. The lowest BCUT2D eigenvalue weighted by Crippen LogP contribution is -2.31. The van der Waals surface area contributed by atoms with Gasteiger partial charge in [-0.05, 0) is 54.2 Å². The maximum atomic E-state index is 5.73. The standard InChI is InChI=1S/C15H21Br2NO2/c1-2-19-15-11(7-12(16)8-14(15)17)9-18-10-13-5-3-4-6-20-13/h7-8,13,18H,2-6,9-10H2,1H3. The lowest BCUT2D eigenvalue weighted by Gasteiger charge is -2.23. The quantitative estimate of drug-likeness (QED) is 0.765. The molecule has 112 valence electrons. The van der Waals surface area contributed by atoms with E-state index in [1.54, 1.807) is 0 Å². The Hall–Kier alpha value is -0.100. The van der Waals surface area contributed by atoms with Gasteiger partial charge in [0.15, 0.2) is 0 Å². The van der Waals surface area contributed by atoms with Crippen LogP contribution < -0.4 is 10.1 Å². The maximum absolute atomic E-state index is 5.73. The zero-order valence-electron chi connectivity index (χ0n) is 11.8. The van der Waals surface area contributed by atoms with Gasteiger partial charge in [0, 0.05) is 29.7 Å². The van der Waals surface area contributed by atoms with Crippen molar-refractivity contribution in [3.05, 3.63) is 26.6 Å². The Labute approximate surface area is 137 Å². The van der Waals surface area contributed by atoms with Crippen LogP contribution >= 0.6 is 31.9 Å². The molecular weight excluding hydrogens is 386 g/mol. The molecule has 1 aromatic rings. The molecule has 3 nitrogen and oxygen atoms in total. The summed E-state index contributed by atoms with van der Waals surface area (Å²) in [5, 5.41) is 3.48. The second-order valence-electron chi connectivity index (χ2n) is 4.93. The van der Waals surface area contributed by atoms with Crippen LogP contribution in [0.2, 0.25) is 0 Å². The van der Waals surface area contributed by atoms with Gasteiger partial charge < -0.3 is 14.8 Å². The molecule has 1 saturated heterocycles. The topological polar surface area (TPSA) is 30.5 Å². The van der Waals surface area contributed by atoms with Gasteiger partial charge in [0.05, 0.1) is 17.2 Å². The summed E-state index contributed by atoms with van der Waals surface area (Å²) in [5.74, 6) is 0.924. The molecule has 1 unspecified atom stereocenters. The first-order valence-corrected chi connectivity index (χ1v) is 8.72. The van der Waals surface area contributed by atoms with Crippen molar-refractivity contribution in [3.63, 3.8) is 0 Å². The molecule has 5 heteroatoms. The fourth-order valence-corrected chi connectivity index (χ4v) is 3.82. The monoisotopic (exact) mass is 405 g/mol. The van der Waals surface area contributed by atoms with Crippen molar-refractivity contribution in [2.75, 3.05) is 19.8 Å². The summed E-state index contributed by atoms with van der Waals surface area (Å²) in [6.45, 7) is 5.25. The van der Waals surface area contributed by atoms with Crippen molar-refractivity contribution in [1.29, 1.82) is 0 Å². The van der Waals surface area contributed by atoms with Crippen LogP contribution in [0.5, 0.6) is 5.75 Å². The second kappa shape index (κ2) is 8.37. The number of benzene rings is 1. The SMILES string of the molecule is CCOc1c(Br)cc(Br)cc1CNCC1CCCCO1. The van der Waals surface area contributed by atoms with E-state index in [1.807, 2.05) is 13.0 Å². The third-order valence-corrected chi connectivity index (χ3v) is 4.38. The first-order valence-electron chi connectivity index (χ1n) is 7.13. The Balaban J connectivity index is 1.93. The molecule has 2 rings (SSSR count). The van der Waals surface area contributed by atoms with E-state index in [4.69, 9.17) is 9.47 Å². The maximum Gasteiger partial charge on any atom is 0.138 e. The lowest BCUT2D eigenvalue weighted by molar-refractivity contribution is 0.0167. The van der Waals surface area contributed by atoms with Gasteiger partial charge >= 0.3 is 0 Å². The summed E-state index contributed by atoms with van der Waals surface area (Å²) in [4.78, 5) is 0. The van der Waals surface area contributed by atoms with Crippen molar-refractivity contribution in [1.82, 2.24) is 5.32 Å². The fourth-order valence-electron chi connectivity index (χ4n) is 2.39. The molecule has 1 N–H and O–H groups in total. The van der Waals surface area contributed by atoms with Crippen LogP contribution in [-0.2, 0) is 11.3 Å². The largest absolute Gasteiger partial charge is 0.492 e. The van der Waals surface area contributed by atoms with Crippen LogP contribution in [0.4, 0.5) is 0 Å². The van der Waals surface area contributed by atoms with Gasteiger partial charge in [-0.25, -0.2) is 0 Å². The highest BCUT2D eigenvalue weighted by Crippen LogP contribution is 2.33. The first-order chi connectivity index (χ1) is 9.70. The second-order valence-corrected chi connectivity index (χ2v) is 6.70. The summed E-state index contributed by atoms with van der Waals surface area (Å²) in [6, 6.07) is 4.11. The zero-order chi connectivity index (χ0) is 14.4. The number of nitrogens with one attached hydrogen (secondary N) is 1. The van der Waals surface area contributed by atoms with Crippen molar-refractivity contribution in [2.45, 2.75) is 38.8 Å². The highest BCUT2D eigenvalue weighted by molar-refractivity contribution is 9.11. The Bertz CT molecular complexity index is 434. The van der Waals surface area contributed by atoms with Gasteiger partial charge in [0.25, 0.3) is 0 Å². The lowest BCUT2D eigenvalue weighted by atomic mass is 10.1. The number of hydrogen-bond acceptors (Lipinski definition) is 3. The average Bonchev–Trinajstić information content (AvgIpc) is 2.43. The first kappa shape index (κ1) is 16.3. The van der Waals surface area contributed by atoms with E-state index >= 15 is 0 Å². The van der Waals surface area contributed by atoms with Gasteiger partial charge in [-0.2, -0.15) is 0 Å². The molecule has 0 aromatic heterocycles. The van der Waals surface area contributed by atoms with E-state index in [0.717, 1.165) is 46.4 Å². The molecule has 1 aliphatic rings. The average molecular weight is 407 g/mol. The molecular formula is C15H21Br2NO2.